The lowest BCUT2D eigenvalue weighted by Crippen LogP contribution is -2.26. The predicted octanol–water partition coefficient (Wildman–Crippen LogP) is 3.88. The molecule has 15 heavy (non-hydrogen) atoms. The first-order chi connectivity index (χ1) is 6.45. The maximum atomic E-state index is 6.16. The molecule has 2 N–H and O–H groups in total. The minimum Gasteiger partial charge on any atom is -0.324 e. The lowest BCUT2D eigenvalue weighted by Gasteiger charge is -2.27. The highest BCUT2D eigenvalue weighted by Gasteiger charge is 2.21. The van der Waals surface area contributed by atoms with Gasteiger partial charge in [-0.3, -0.25) is 0 Å². The molecule has 1 atom stereocenters. The van der Waals surface area contributed by atoms with Gasteiger partial charge in [0, 0.05) is 10.9 Å². The Hall–Kier alpha value is -0.180. The van der Waals surface area contributed by atoms with E-state index in [1.807, 2.05) is 0 Å². The molecule has 0 saturated heterocycles. The molecule has 1 aromatic rings. The Morgan fingerprint density at radius 3 is 1.93 bits per heavy atom. The summed E-state index contributed by atoms with van der Waals surface area (Å²) >= 11 is 1.76. The molecular formula is C12H20ClNS. The van der Waals surface area contributed by atoms with Gasteiger partial charge in [0.25, 0.3) is 0 Å². The molecule has 0 amide bonds. The molecule has 0 spiro atoms. The Kier molecular flexibility index (Phi) is 5.71. The van der Waals surface area contributed by atoms with E-state index in [-0.39, 0.29) is 23.9 Å². The molecule has 0 aliphatic carbocycles. The summed E-state index contributed by atoms with van der Waals surface area (Å²) < 4.78 is 0. The van der Waals surface area contributed by atoms with Gasteiger partial charge in [0.05, 0.1) is 0 Å². The smallest absolute Gasteiger partial charge is 0.0344 e. The van der Waals surface area contributed by atoms with Crippen LogP contribution in [0.15, 0.2) is 29.2 Å². The van der Waals surface area contributed by atoms with Gasteiger partial charge >= 0.3 is 0 Å². The molecule has 1 nitrogen and oxygen atoms in total. The van der Waals surface area contributed by atoms with E-state index in [0.29, 0.717) is 0 Å². The van der Waals surface area contributed by atoms with Crippen molar-refractivity contribution in [3.8, 4) is 0 Å². The van der Waals surface area contributed by atoms with Crippen molar-refractivity contribution in [1.82, 2.24) is 0 Å². The average Bonchev–Trinajstić information content (AvgIpc) is 2.15. The molecule has 0 bridgehead atoms. The highest BCUT2D eigenvalue weighted by atomic mass is 35.5. The van der Waals surface area contributed by atoms with E-state index < -0.39 is 0 Å². The topological polar surface area (TPSA) is 26.0 Å². The zero-order chi connectivity index (χ0) is 10.8. The van der Waals surface area contributed by atoms with Crippen molar-refractivity contribution in [2.24, 2.45) is 11.1 Å². The zero-order valence-corrected chi connectivity index (χ0v) is 11.4. The molecule has 3 heteroatoms. The molecule has 0 radical (unpaired) electrons. The third kappa shape index (κ3) is 4.06. The van der Waals surface area contributed by atoms with Crippen LogP contribution in [0.25, 0.3) is 0 Å². The van der Waals surface area contributed by atoms with Gasteiger partial charge < -0.3 is 5.73 Å². The summed E-state index contributed by atoms with van der Waals surface area (Å²) in [5, 5.41) is 0. The van der Waals surface area contributed by atoms with Gasteiger partial charge in [0.2, 0.25) is 0 Å². The quantitative estimate of drug-likeness (QED) is 0.801. The molecular weight excluding hydrogens is 226 g/mol. The van der Waals surface area contributed by atoms with Crippen LogP contribution in [-0.4, -0.2) is 6.26 Å². The van der Waals surface area contributed by atoms with Crippen LogP contribution in [0, 0.1) is 5.41 Å². The lowest BCUT2D eigenvalue weighted by atomic mass is 9.83. The van der Waals surface area contributed by atoms with E-state index in [2.05, 4.69) is 51.3 Å². The maximum absolute atomic E-state index is 6.16. The number of benzene rings is 1. The van der Waals surface area contributed by atoms with Gasteiger partial charge in [0.15, 0.2) is 0 Å². The molecule has 0 aliphatic heterocycles. The van der Waals surface area contributed by atoms with Crippen LogP contribution in [0.3, 0.4) is 0 Å². The summed E-state index contributed by atoms with van der Waals surface area (Å²) in [6, 6.07) is 8.62. The summed E-state index contributed by atoms with van der Waals surface area (Å²) in [7, 11) is 0. The Morgan fingerprint density at radius 2 is 1.60 bits per heavy atom. The van der Waals surface area contributed by atoms with Crippen molar-refractivity contribution < 1.29 is 0 Å². The highest BCUT2D eigenvalue weighted by Crippen LogP contribution is 2.30. The first-order valence-corrected chi connectivity index (χ1v) is 6.07. The maximum Gasteiger partial charge on any atom is 0.0344 e. The summed E-state index contributed by atoms with van der Waals surface area (Å²) in [5.41, 5.74) is 7.50. The SMILES string of the molecule is CSc1ccc([C@@H](N)C(C)(C)C)cc1.Cl. The van der Waals surface area contributed by atoms with Gasteiger partial charge in [-0.15, -0.1) is 24.2 Å². The first-order valence-electron chi connectivity index (χ1n) is 4.84. The van der Waals surface area contributed by atoms with E-state index in [1.54, 1.807) is 11.8 Å². The monoisotopic (exact) mass is 245 g/mol. The molecule has 0 saturated carbocycles. The molecule has 1 rings (SSSR count). The van der Waals surface area contributed by atoms with Crippen molar-refractivity contribution in [1.29, 1.82) is 0 Å². The standard InChI is InChI=1S/C12H19NS.ClH/c1-12(2,3)11(13)9-5-7-10(14-4)8-6-9;/h5-8,11H,13H2,1-4H3;1H/t11-;/m1./s1. The normalized spacial score (nSPS) is 13.1. The molecule has 0 unspecified atom stereocenters. The Morgan fingerprint density at radius 1 is 1.13 bits per heavy atom. The number of thioether (sulfide) groups is 1. The summed E-state index contributed by atoms with van der Waals surface area (Å²) in [5.74, 6) is 0. The van der Waals surface area contributed by atoms with Gasteiger partial charge in [-0.25, -0.2) is 0 Å². The fourth-order valence-electron chi connectivity index (χ4n) is 1.31. The van der Waals surface area contributed by atoms with Gasteiger partial charge in [-0.1, -0.05) is 32.9 Å². The third-order valence-corrected chi connectivity index (χ3v) is 3.15. The predicted molar refractivity (Wildman–Crippen MR) is 71.9 cm³/mol. The van der Waals surface area contributed by atoms with E-state index in [9.17, 15) is 0 Å². The number of halogens is 1. The van der Waals surface area contributed by atoms with Crippen LogP contribution in [-0.2, 0) is 0 Å². The second-order valence-corrected chi connectivity index (χ2v) is 5.50. The molecule has 0 fully saturated rings. The number of hydrogen-bond donors (Lipinski definition) is 1. The lowest BCUT2D eigenvalue weighted by molar-refractivity contribution is 0.327. The van der Waals surface area contributed by atoms with Crippen molar-refractivity contribution >= 4 is 24.2 Å². The number of hydrogen-bond acceptors (Lipinski definition) is 2. The van der Waals surface area contributed by atoms with E-state index in [4.69, 9.17) is 5.73 Å². The van der Waals surface area contributed by atoms with E-state index in [0.717, 1.165) is 0 Å². The first kappa shape index (κ1) is 14.8. The van der Waals surface area contributed by atoms with Crippen LogP contribution >= 0.6 is 24.2 Å². The second kappa shape index (κ2) is 5.78. The van der Waals surface area contributed by atoms with Gasteiger partial charge in [-0.05, 0) is 29.4 Å². The third-order valence-electron chi connectivity index (χ3n) is 2.41. The fourth-order valence-corrected chi connectivity index (χ4v) is 1.72. The fraction of sp³-hybridized carbons (Fsp3) is 0.500. The Balaban J connectivity index is 0.00000196. The van der Waals surface area contributed by atoms with E-state index >= 15 is 0 Å². The molecule has 0 aliphatic rings. The average molecular weight is 246 g/mol. The van der Waals surface area contributed by atoms with Crippen molar-refractivity contribution in [2.75, 3.05) is 6.26 Å². The minimum absolute atomic E-state index is 0. The molecule has 1 aromatic carbocycles. The van der Waals surface area contributed by atoms with E-state index in [1.165, 1.54) is 10.5 Å². The number of nitrogens with two attached hydrogens (primary N) is 1. The summed E-state index contributed by atoms with van der Waals surface area (Å²) in [6.45, 7) is 6.50. The van der Waals surface area contributed by atoms with Crippen LogP contribution in [0.1, 0.15) is 32.4 Å². The van der Waals surface area contributed by atoms with Gasteiger partial charge in [-0.2, -0.15) is 0 Å². The van der Waals surface area contributed by atoms with Crippen LogP contribution < -0.4 is 5.73 Å². The second-order valence-electron chi connectivity index (χ2n) is 4.62. The van der Waals surface area contributed by atoms with Crippen LogP contribution in [0.2, 0.25) is 0 Å². The number of rotatable bonds is 2. The Labute approximate surface area is 103 Å². The molecule has 86 valence electrons. The van der Waals surface area contributed by atoms with Crippen molar-refractivity contribution in [3.05, 3.63) is 29.8 Å². The molecule has 0 aromatic heterocycles. The van der Waals surface area contributed by atoms with Crippen molar-refractivity contribution in [3.63, 3.8) is 0 Å². The van der Waals surface area contributed by atoms with Crippen LogP contribution in [0.5, 0.6) is 0 Å². The zero-order valence-electron chi connectivity index (χ0n) is 9.78. The van der Waals surface area contributed by atoms with Crippen LogP contribution in [0.4, 0.5) is 0 Å². The summed E-state index contributed by atoms with van der Waals surface area (Å²) in [6.07, 6.45) is 2.08. The van der Waals surface area contributed by atoms with Crippen molar-refractivity contribution in [2.45, 2.75) is 31.7 Å². The minimum atomic E-state index is 0. The molecule has 0 heterocycles. The summed E-state index contributed by atoms with van der Waals surface area (Å²) in [4.78, 5) is 1.29. The Bertz CT molecular complexity index is 289. The largest absolute Gasteiger partial charge is 0.324 e. The van der Waals surface area contributed by atoms with Gasteiger partial charge in [0.1, 0.15) is 0 Å². The highest BCUT2D eigenvalue weighted by molar-refractivity contribution is 7.98.